The summed E-state index contributed by atoms with van der Waals surface area (Å²) in [7, 11) is 0. The second kappa shape index (κ2) is 7.82. The van der Waals surface area contributed by atoms with Gasteiger partial charge in [0.05, 0.1) is 19.3 Å². The van der Waals surface area contributed by atoms with E-state index in [-0.39, 0.29) is 12.3 Å². The van der Waals surface area contributed by atoms with E-state index >= 15 is 0 Å². The Bertz CT molecular complexity index is 658. The molecule has 4 nitrogen and oxygen atoms in total. The van der Waals surface area contributed by atoms with E-state index in [1.54, 1.807) is 36.4 Å². The SMILES string of the molecule is CCOc1ccc(O)c(C=NCC(O)c2ccccc2Cl)c1. The van der Waals surface area contributed by atoms with Crippen molar-refractivity contribution in [1.82, 2.24) is 0 Å². The van der Waals surface area contributed by atoms with Crippen molar-refractivity contribution in [3.8, 4) is 11.5 Å². The third-order valence-electron chi connectivity index (χ3n) is 3.08. The van der Waals surface area contributed by atoms with Gasteiger partial charge in [0.25, 0.3) is 0 Å². The Balaban J connectivity index is 2.06. The second-order valence-electron chi connectivity index (χ2n) is 4.69. The van der Waals surface area contributed by atoms with Gasteiger partial charge in [0.2, 0.25) is 0 Å². The van der Waals surface area contributed by atoms with Crippen LogP contribution in [0, 0.1) is 0 Å². The summed E-state index contributed by atoms with van der Waals surface area (Å²) < 4.78 is 5.37. The molecule has 0 saturated heterocycles. The number of aromatic hydroxyl groups is 1. The number of hydrogen-bond acceptors (Lipinski definition) is 4. The maximum Gasteiger partial charge on any atom is 0.124 e. The molecule has 116 valence electrons. The monoisotopic (exact) mass is 319 g/mol. The predicted molar refractivity (Wildman–Crippen MR) is 88.1 cm³/mol. The number of aliphatic hydroxyl groups is 1. The Labute approximate surface area is 134 Å². The van der Waals surface area contributed by atoms with Crippen LogP contribution in [0.25, 0.3) is 0 Å². The first kappa shape index (κ1) is 16.3. The van der Waals surface area contributed by atoms with Gasteiger partial charge in [-0.3, -0.25) is 4.99 Å². The van der Waals surface area contributed by atoms with Crippen LogP contribution in [0.3, 0.4) is 0 Å². The first-order chi connectivity index (χ1) is 10.6. The lowest BCUT2D eigenvalue weighted by Crippen LogP contribution is -2.02. The molecule has 0 saturated carbocycles. The van der Waals surface area contributed by atoms with E-state index in [9.17, 15) is 10.2 Å². The number of rotatable bonds is 6. The van der Waals surface area contributed by atoms with E-state index in [1.807, 2.05) is 13.0 Å². The molecule has 2 N–H and O–H groups in total. The van der Waals surface area contributed by atoms with Gasteiger partial charge in [-0.05, 0) is 31.2 Å². The summed E-state index contributed by atoms with van der Waals surface area (Å²) in [5.41, 5.74) is 1.17. The summed E-state index contributed by atoms with van der Waals surface area (Å²) in [5.74, 6) is 0.771. The van der Waals surface area contributed by atoms with Gasteiger partial charge in [-0.15, -0.1) is 0 Å². The number of benzene rings is 2. The Hall–Kier alpha value is -2.04. The first-order valence-electron chi connectivity index (χ1n) is 7.00. The minimum Gasteiger partial charge on any atom is -0.507 e. The highest BCUT2D eigenvalue weighted by Crippen LogP contribution is 2.24. The van der Waals surface area contributed by atoms with Crippen LogP contribution >= 0.6 is 11.6 Å². The zero-order valence-electron chi connectivity index (χ0n) is 12.2. The number of hydrogen-bond donors (Lipinski definition) is 2. The Kier molecular flexibility index (Phi) is 5.81. The summed E-state index contributed by atoms with van der Waals surface area (Å²) in [6.07, 6.45) is 0.722. The van der Waals surface area contributed by atoms with Crippen LogP contribution in [-0.2, 0) is 0 Å². The van der Waals surface area contributed by atoms with Crippen LogP contribution < -0.4 is 4.74 Å². The molecule has 0 bridgehead atoms. The van der Waals surface area contributed by atoms with E-state index in [0.29, 0.717) is 28.5 Å². The van der Waals surface area contributed by atoms with Gasteiger partial charge in [-0.1, -0.05) is 29.8 Å². The van der Waals surface area contributed by atoms with Crippen LogP contribution in [0.4, 0.5) is 0 Å². The van der Waals surface area contributed by atoms with Crippen LogP contribution in [0.1, 0.15) is 24.2 Å². The van der Waals surface area contributed by atoms with Gasteiger partial charge in [0, 0.05) is 22.4 Å². The van der Waals surface area contributed by atoms with Crippen LogP contribution in [0.5, 0.6) is 11.5 Å². The van der Waals surface area contributed by atoms with E-state index in [1.165, 1.54) is 6.21 Å². The molecule has 0 heterocycles. The van der Waals surface area contributed by atoms with Gasteiger partial charge in [0.1, 0.15) is 11.5 Å². The summed E-state index contributed by atoms with van der Waals surface area (Å²) >= 11 is 6.03. The number of aliphatic imine (C=N–C) groups is 1. The standard InChI is InChI=1S/C17H18ClNO3/c1-2-22-13-7-8-16(20)12(9-13)10-19-11-17(21)14-5-3-4-6-15(14)18/h3-10,17,20-21H,2,11H2,1H3. The lowest BCUT2D eigenvalue weighted by atomic mass is 10.1. The Morgan fingerprint density at radius 3 is 2.77 bits per heavy atom. The number of phenolic OH excluding ortho intramolecular Hbond substituents is 1. The van der Waals surface area contributed by atoms with E-state index in [2.05, 4.69) is 4.99 Å². The summed E-state index contributed by atoms with van der Waals surface area (Å²) in [6.45, 7) is 2.59. The van der Waals surface area contributed by atoms with Gasteiger partial charge in [-0.2, -0.15) is 0 Å². The first-order valence-corrected chi connectivity index (χ1v) is 7.37. The third kappa shape index (κ3) is 4.23. The van der Waals surface area contributed by atoms with E-state index < -0.39 is 6.10 Å². The fourth-order valence-corrected chi connectivity index (χ4v) is 2.25. The quantitative estimate of drug-likeness (QED) is 0.800. The second-order valence-corrected chi connectivity index (χ2v) is 5.09. The van der Waals surface area contributed by atoms with Crippen LogP contribution in [0.15, 0.2) is 47.5 Å². The van der Waals surface area contributed by atoms with Crippen molar-refractivity contribution >= 4 is 17.8 Å². The molecule has 0 amide bonds. The van der Waals surface area contributed by atoms with Crippen molar-refractivity contribution in [3.05, 3.63) is 58.6 Å². The Morgan fingerprint density at radius 2 is 2.05 bits per heavy atom. The molecule has 2 aromatic rings. The zero-order chi connectivity index (χ0) is 15.9. The molecular weight excluding hydrogens is 302 g/mol. The van der Waals surface area contributed by atoms with Gasteiger partial charge >= 0.3 is 0 Å². The molecular formula is C17H18ClNO3. The van der Waals surface area contributed by atoms with Crippen molar-refractivity contribution in [2.75, 3.05) is 13.2 Å². The normalized spacial score (nSPS) is 12.5. The fraction of sp³-hybridized carbons (Fsp3) is 0.235. The summed E-state index contributed by atoms with van der Waals surface area (Å²) in [6, 6.07) is 12.0. The molecule has 0 radical (unpaired) electrons. The molecule has 0 fully saturated rings. The molecule has 0 aliphatic carbocycles. The molecule has 5 heteroatoms. The van der Waals surface area contributed by atoms with E-state index in [0.717, 1.165) is 0 Å². The highest BCUT2D eigenvalue weighted by molar-refractivity contribution is 6.31. The molecule has 22 heavy (non-hydrogen) atoms. The molecule has 2 aromatic carbocycles. The summed E-state index contributed by atoms with van der Waals surface area (Å²) in [5, 5.41) is 20.4. The van der Waals surface area contributed by atoms with Crippen molar-refractivity contribution in [2.45, 2.75) is 13.0 Å². The maximum atomic E-state index is 10.1. The molecule has 0 aliphatic heterocycles. The smallest absolute Gasteiger partial charge is 0.124 e. The molecule has 0 spiro atoms. The number of nitrogens with zero attached hydrogens (tertiary/aromatic N) is 1. The average molecular weight is 320 g/mol. The lowest BCUT2D eigenvalue weighted by Gasteiger charge is -2.10. The van der Waals surface area contributed by atoms with E-state index in [4.69, 9.17) is 16.3 Å². The largest absolute Gasteiger partial charge is 0.507 e. The number of ether oxygens (including phenoxy) is 1. The molecule has 0 aromatic heterocycles. The maximum absolute atomic E-state index is 10.1. The predicted octanol–water partition coefficient (Wildman–Crippen LogP) is 3.60. The zero-order valence-corrected chi connectivity index (χ0v) is 13.0. The summed E-state index contributed by atoms with van der Waals surface area (Å²) in [4.78, 5) is 4.17. The van der Waals surface area contributed by atoms with Crippen LogP contribution in [0.2, 0.25) is 5.02 Å². The van der Waals surface area contributed by atoms with Gasteiger partial charge < -0.3 is 14.9 Å². The molecule has 1 unspecified atom stereocenters. The van der Waals surface area contributed by atoms with Crippen LogP contribution in [-0.4, -0.2) is 29.6 Å². The third-order valence-corrected chi connectivity index (χ3v) is 3.43. The van der Waals surface area contributed by atoms with Crippen molar-refractivity contribution in [3.63, 3.8) is 0 Å². The number of halogens is 1. The van der Waals surface area contributed by atoms with Gasteiger partial charge in [0.15, 0.2) is 0 Å². The number of phenols is 1. The fourth-order valence-electron chi connectivity index (χ4n) is 1.99. The minimum absolute atomic E-state index is 0.111. The average Bonchev–Trinajstić information content (AvgIpc) is 2.51. The van der Waals surface area contributed by atoms with Crippen molar-refractivity contribution < 1.29 is 14.9 Å². The topological polar surface area (TPSA) is 62.0 Å². The van der Waals surface area contributed by atoms with Crippen molar-refractivity contribution in [1.29, 1.82) is 0 Å². The number of aliphatic hydroxyl groups excluding tert-OH is 1. The highest BCUT2D eigenvalue weighted by atomic mass is 35.5. The molecule has 0 aliphatic rings. The minimum atomic E-state index is -0.790. The molecule has 2 rings (SSSR count). The molecule has 1 atom stereocenters. The van der Waals surface area contributed by atoms with Crippen molar-refractivity contribution in [2.24, 2.45) is 4.99 Å². The Morgan fingerprint density at radius 1 is 1.27 bits per heavy atom. The van der Waals surface area contributed by atoms with Gasteiger partial charge in [-0.25, -0.2) is 0 Å². The highest BCUT2D eigenvalue weighted by Gasteiger charge is 2.09. The lowest BCUT2D eigenvalue weighted by molar-refractivity contribution is 0.187.